The molecule has 3 N–H and O–H groups in total. The van der Waals surface area contributed by atoms with Crippen LogP contribution in [0.2, 0.25) is 0 Å². The van der Waals surface area contributed by atoms with E-state index in [9.17, 15) is 9.59 Å². The molecule has 0 aliphatic carbocycles. The van der Waals surface area contributed by atoms with Crippen molar-refractivity contribution in [1.29, 1.82) is 5.41 Å². The molecule has 0 radical (unpaired) electrons. The van der Waals surface area contributed by atoms with E-state index in [2.05, 4.69) is 10.6 Å². The monoisotopic (exact) mass is 510 g/mol. The quantitative estimate of drug-likeness (QED) is 0.391. The summed E-state index contributed by atoms with van der Waals surface area (Å²) in [6.07, 6.45) is 2.37. The Morgan fingerprint density at radius 1 is 1.05 bits per heavy atom. The number of guanidine groups is 1. The molecule has 7 heteroatoms. The van der Waals surface area contributed by atoms with Gasteiger partial charge in [0.25, 0.3) is 5.91 Å². The van der Waals surface area contributed by atoms with Crippen LogP contribution in [0.3, 0.4) is 0 Å². The lowest BCUT2D eigenvalue weighted by molar-refractivity contribution is -0.131. The summed E-state index contributed by atoms with van der Waals surface area (Å²) in [5.74, 6) is 0.634. The van der Waals surface area contributed by atoms with Crippen LogP contribution >= 0.6 is 0 Å². The molecule has 2 aliphatic heterocycles. The molecule has 2 atom stereocenters. The predicted molar refractivity (Wildman–Crippen MR) is 147 cm³/mol. The number of ether oxygens (including phenoxy) is 1. The highest BCUT2D eigenvalue weighted by molar-refractivity contribution is 5.99. The summed E-state index contributed by atoms with van der Waals surface area (Å²) in [7, 11) is 0. The molecule has 196 valence electrons. The lowest BCUT2D eigenvalue weighted by Gasteiger charge is -2.42. The van der Waals surface area contributed by atoms with E-state index in [0.29, 0.717) is 18.4 Å². The number of carbonyl (C=O) groups excluding carboxylic acids is 2. The number of carbonyl (C=O) groups is 2. The van der Waals surface area contributed by atoms with Gasteiger partial charge in [-0.3, -0.25) is 19.9 Å². The highest BCUT2D eigenvalue weighted by Crippen LogP contribution is 2.40. The van der Waals surface area contributed by atoms with Crippen molar-refractivity contribution in [2.24, 2.45) is 0 Å². The molecule has 38 heavy (non-hydrogen) atoms. The smallest absolute Gasteiger partial charge is 0.251 e. The Balaban J connectivity index is 1.32. The largest absolute Gasteiger partial charge is 0.485 e. The number of hydrogen-bond acceptors (Lipinski definition) is 4. The van der Waals surface area contributed by atoms with Gasteiger partial charge < -0.3 is 15.4 Å². The van der Waals surface area contributed by atoms with Gasteiger partial charge in [-0.25, -0.2) is 0 Å². The van der Waals surface area contributed by atoms with Gasteiger partial charge in [0.2, 0.25) is 5.91 Å². The van der Waals surface area contributed by atoms with Gasteiger partial charge in [0.05, 0.1) is 19.0 Å². The van der Waals surface area contributed by atoms with E-state index in [0.717, 1.165) is 35.3 Å². The summed E-state index contributed by atoms with van der Waals surface area (Å²) >= 11 is 0. The van der Waals surface area contributed by atoms with E-state index < -0.39 is 0 Å². The van der Waals surface area contributed by atoms with Gasteiger partial charge in [-0.15, -0.1) is 0 Å². The molecule has 1 saturated heterocycles. The highest BCUT2D eigenvalue weighted by Gasteiger charge is 2.39. The standard InChI is InChI=1S/C31H34N4O3/c1-3-31(4-2)19-28(36)35(30(32)34-31)20-21-11-10-14-23(17-21)29(37)33-25-18-27(22-12-6-5-7-13-22)38-26-16-9-8-15-24(25)26/h5-17,25,27H,3-4,18-20H2,1-2H3,(H2,32,34)(H,33,37). The van der Waals surface area contributed by atoms with Gasteiger partial charge in [-0.1, -0.05) is 74.5 Å². The van der Waals surface area contributed by atoms with Crippen LogP contribution in [0.4, 0.5) is 0 Å². The SMILES string of the molecule is CCC1(CC)CC(=O)N(Cc2cccc(C(=O)NC3CC(c4ccccc4)Oc4ccccc43)c2)C(=N)N1. The Bertz CT molecular complexity index is 1320. The minimum atomic E-state index is -0.357. The van der Waals surface area contributed by atoms with E-state index in [1.165, 1.54) is 4.90 Å². The minimum absolute atomic E-state index is 0.0712. The average Bonchev–Trinajstić information content (AvgIpc) is 2.95. The van der Waals surface area contributed by atoms with Crippen molar-refractivity contribution < 1.29 is 14.3 Å². The van der Waals surface area contributed by atoms with Gasteiger partial charge in [0.1, 0.15) is 11.9 Å². The molecule has 2 amide bonds. The van der Waals surface area contributed by atoms with Gasteiger partial charge >= 0.3 is 0 Å². The fourth-order valence-corrected chi connectivity index (χ4v) is 5.38. The topological polar surface area (TPSA) is 94.5 Å². The van der Waals surface area contributed by atoms with Crippen LogP contribution in [0.1, 0.15) is 78.7 Å². The molecule has 2 unspecified atom stereocenters. The van der Waals surface area contributed by atoms with Gasteiger partial charge in [-0.2, -0.15) is 0 Å². The maximum Gasteiger partial charge on any atom is 0.251 e. The van der Waals surface area contributed by atoms with E-state index in [4.69, 9.17) is 10.1 Å². The molecule has 2 heterocycles. The van der Waals surface area contributed by atoms with Crippen LogP contribution < -0.4 is 15.4 Å². The highest BCUT2D eigenvalue weighted by atomic mass is 16.5. The van der Waals surface area contributed by atoms with Crippen molar-refractivity contribution in [3.05, 3.63) is 101 Å². The first kappa shape index (κ1) is 25.5. The Kier molecular flexibility index (Phi) is 7.18. The number of nitrogens with zero attached hydrogens (tertiary/aromatic N) is 1. The summed E-state index contributed by atoms with van der Waals surface area (Å²) < 4.78 is 6.28. The fraction of sp³-hybridized carbons (Fsp3) is 0.323. The van der Waals surface area contributed by atoms with Crippen molar-refractivity contribution in [2.75, 3.05) is 0 Å². The van der Waals surface area contributed by atoms with Crippen molar-refractivity contribution in [1.82, 2.24) is 15.5 Å². The molecule has 0 saturated carbocycles. The summed E-state index contributed by atoms with van der Waals surface area (Å²) in [4.78, 5) is 27.8. The fourth-order valence-electron chi connectivity index (χ4n) is 5.38. The molecule has 2 aliphatic rings. The minimum Gasteiger partial charge on any atom is -0.485 e. The van der Waals surface area contributed by atoms with Crippen LogP contribution in [-0.4, -0.2) is 28.2 Å². The number of amides is 2. The summed E-state index contributed by atoms with van der Waals surface area (Å²) in [5, 5.41) is 14.9. The molecule has 7 nitrogen and oxygen atoms in total. The predicted octanol–water partition coefficient (Wildman–Crippen LogP) is 5.50. The summed E-state index contributed by atoms with van der Waals surface area (Å²) in [6.45, 7) is 4.31. The number of nitrogens with one attached hydrogen (secondary N) is 3. The second-order valence-corrected chi connectivity index (χ2v) is 10.1. The molecule has 5 rings (SSSR count). The van der Waals surface area contributed by atoms with E-state index in [1.54, 1.807) is 12.1 Å². The van der Waals surface area contributed by atoms with E-state index >= 15 is 0 Å². The van der Waals surface area contributed by atoms with Gasteiger partial charge in [0, 0.05) is 23.1 Å². The van der Waals surface area contributed by atoms with Crippen LogP contribution in [-0.2, 0) is 11.3 Å². The normalized spacial score (nSPS) is 20.2. The zero-order valence-electron chi connectivity index (χ0n) is 21.9. The zero-order valence-corrected chi connectivity index (χ0v) is 21.9. The Morgan fingerprint density at radius 2 is 1.79 bits per heavy atom. The molecular formula is C31H34N4O3. The molecule has 0 spiro atoms. The van der Waals surface area contributed by atoms with Gasteiger partial charge in [0.15, 0.2) is 5.96 Å². The Morgan fingerprint density at radius 3 is 2.53 bits per heavy atom. The van der Waals surface area contributed by atoms with Crippen molar-refractivity contribution in [3.63, 3.8) is 0 Å². The van der Waals surface area contributed by atoms with Crippen molar-refractivity contribution in [3.8, 4) is 5.75 Å². The average molecular weight is 511 g/mol. The lowest BCUT2D eigenvalue weighted by atomic mass is 9.87. The zero-order chi connectivity index (χ0) is 26.7. The lowest BCUT2D eigenvalue weighted by Crippen LogP contribution is -2.61. The third-order valence-electron chi connectivity index (χ3n) is 7.82. The Hall–Kier alpha value is -4.13. The van der Waals surface area contributed by atoms with Crippen LogP contribution in [0.5, 0.6) is 5.75 Å². The third kappa shape index (κ3) is 5.14. The first-order valence-electron chi connectivity index (χ1n) is 13.3. The third-order valence-corrected chi connectivity index (χ3v) is 7.82. The number of hydrogen-bond donors (Lipinski definition) is 3. The molecule has 1 fully saturated rings. The van der Waals surface area contributed by atoms with Crippen LogP contribution in [0.25, 0.3) is 0 Å². The molecule has 0 aromatic heterocycles. The molecular weight excluding hydrogens is 476 g/mol. The molecule has 3 aromatic carbocycles. The molecule has 3 aromatic rings. The number of rotatable bonds is 7. The van der Waals surface area contributed by atoms with Crippen molar-refractivity contribution in [2.45, 2.75) is 63.8 Å². The maximum atomic E-state index is 13.4. The van der Waals surface area contributed by atoms with Crippen LogP contribution in [0, 0.1) is 5.41 Å². The maximum absolute atomic E-state index is 13.4. The molecule has 0 bridgehead atoms. The number of fused-ring (bicyclic) bond motifs is 1. The second kappa shape index (κ2) is 10.7. The summed E-state index contributed by atoms with van der Waals surface area (Å²) in [5.41, 5.74) is 2.98. The first-order valence-corrected chi connectivity index (χ1v) is 13.3. The summed E-state index contributed by atoms with van der Waals surface area (Å²) in [6, 6.07) is 24.9. The number of benzene rings is 3. The van der Waals surface area contributed by atoms with Crippen LogP contribution in [0.15, 0.2) is 78.9 Å². The van der Waals surface area contributed by atoms with E-state index in [-0.39, 0.29) is 42.0 Å². The van der Waals surface area contributed by atoms with E-state index in [1.807, 2.05) is 80.6 Å². The Labute approximate surface area is 223 Å². The van der Waals surface area contributed by atoms with Crippen molar-refractivity contribution >= 4 is 17.8 Å². The number of para-hydroxylation sites is 1. The first-order chi connectivity index (χ1) is 18.4. The van der Waals surface area contributed by atoms with Gasteiger partial charge in [-0.05, 0) is 42.2 Å². The second-order valence-electron chi connectivity index (χ2n) is 10.1.